The summed E-state index contributed by atoms with van der Waals surface area (Å²) in [7, 11) is 1.88. The minimum atomic E-state index is -0.952. The lowest BCUT2D eigenvalue weighted by Crippen LogP contribution is -2.60. The lowest BCUT2D eigenvalue weighted by atomic mass is 9.96. The van der Waals surface area contributed by atoms with Crippen LogP contribution in [0.25, 0.3) is 0 Å². The topological polar surface area (TPSA) is 52.7 Å². The zero-order chi connectivity index (χ0) is 18.9. The first-order chi connectivity index (χ1) is 12.3. The third-order valence-corrected chi connectivity index (χ3v) is 4.78. The summed E-state index contributed by atoms with van der Waals surface area (Å²) in [6.45, 7) is 4.34. The second kappa shape index (κ2) is 7.09. The molecule has 0 radical (unpaired) electrons. The molecule has 0 unspecified atom stereocenters. The molecule has 1 N–H and O–H groups in total. The van der Waals surface area contributed by atoms with Crippen LogP contribution < -0.4 is 10.2 Å². The molecule has 136 valence electrons. The van der Waals surface area contributed by atoms with Crippen molar-refractivity contribution in [2.24, 2.45) is 0 Å². The zero-order valence-electron chi connectivity index (χ0n) is 15.1. The number of fused-ring (bicyclic) bond motifs is 1. The Hall–Kier alpha value is -2.37. The van der Waals surface area contributed by atoms with E-state index in [1.54, 1.807) is 24.8 Å². The van der Waals surface area contributed by atoms with Crippen molar-refractivity contribution in [3.63, 3.8) is 0 Å². The van der Waals surface area contributed by atoms with Gasteiger partial charge in [-0.15, -0.1) is 0 Å². The van der Waals surface area contributed by atoms with E-state index in [0.717, 1.165) is 11.3 Å². The number of likely N-dealkylation sites (N-methyl/N-ethyl adjacent to an activating group) is 1. The number of benzene rings is 2. The molecule has 3 rings (SSSR count). The van der Waals surface area contributed by atoms with E-state index >= 15 is 0 Å². The number of hydrogen-bond donors (Lipinski definition) is 1. The van der Waals surface area contributed by atoms with Crippen LogP contribution in [0.15, 0.2) is 48.5 Å². The Morgan fingerprint density at radius 2 is 1.81 bits per heavy atom. The SMILES string of the molecule is CN(CC(=O)N1c2ccccc2NC(=O)C1(C)C)Cc1ccc(Cl)cc1. The molecule has 2 amide bonds. The maximum absolute atomic E-state index is 13.1. The molecule has 6 heteroatoms. The molecule has 0 aromatic heterocycles. The van der Waals surface area contributed by atoms with E-state index in [1.807, 2.05) is 54.4 Å². The Bertz CT molecular complexity index is 833. The van der Waals surface area contributed by atoms with Crippen LogP contribution in [0.5, 0.6) is 0 Å². The Labute approximate surface area is 158 Å². The second-order valence-corrected chi connectivity index (χ2v) is 7.49. The summed E-state index contributed by atoms with van der Waals surface area (Å²) < 4.78 is 0. The van der Waals surface area contributed by atoms with Crippen LogP contribution >= 0.6 is 11.6 Å². The van der Waals surface area contributed by atoms with Crippen LogP contribution in [-0.4, -0.2) is 35.8 Å². The number of anilines is 2. The van der Waals surface area contributed by atoms with Gasteiger partial charge in [0, 0.05) is 11.6 Å². The number of carbonyl (C=O) groups is 2. The van der Waals surface area contributed by atoms with Crippen LogP contribution in [0.4, 0.5) is 11.4 Å². The van der Waals surface area contributed by atoms with Gasteiger partial charge in [-0.05, 0) is 50.7 Å². The van der Waals surface area contributed by atoms with Gasteiger partial charge < -0.3 is 5.32 Å². The number of nitrogens with zero attached hydrogens (tertiary/aromatic N) is 2. The highest BCUT2D eigenvalue weighted by Crippen LogP contribution is 2.36. The first-order valence-electron chi connectivity index (χ1n) is 8.45. The summed E-state index contributed by atoms with van der Waals surface area (Å²) >= 11 is 5.91. The van der Waals surface area contributed by atoms with Gasteiger partial charge in [-0.3, -0.25) is 19.4 Å². The van der Waals surface area contributed by atoms with E-state index in [-0.39, 0.29) is 18.4 Å². The van der Waals surface area contributed by atoms with Gasteiger partial charge in [0.25, 0.3) is 0 Å². The van der Waals surface area contributed by atoms with Gasteiger partial charge in [-0.25, -0.2) is 0 Å². The number of amides is 2. The number of para-hydroxylation sites is 2. The predicted octanol–water partition coefficient (Wildman–Crippen LogP) is 3.54. The Morgan fingerprint density at radius 3 is 2.50 bits per heavy atom. The van der Waals surface area contributed by atoms with E-state index in [2.05, 4.69) is 5.32 Å². The molecule has 5 nitrogen and oxygen atoms in total. The lowest BCUT2D eigenvalue weighted by Gasteiger charge is -2.42. The number of nitrogens with one attached hydrogen (secondary N) is 1. The Balaban J connectivity index is 1.79. The highest BCUT2D eigenvalue weighted by molar-refractivity contribution is 6.30. The maximum atomic E-state index is 13.1. The first-order valence-corrected chi connectivity index (χ1v) is 8.83. The Kier molecular flexibility index (Phi) is 5.03. The molecule has 1 aliphatic rings. The fraction of sp³-hybridized carbons (Fsp3) is 0.300. The molecule has 2 aromatic carbocycles. The van der Waals surface area contributed by atoms with Crippen molar-refractivity contribution in [3.8, 4) is 0 Å². The molecule has 2 aromatic rings. The van der Waals surface area contributed by atoms with Crippen molar-refractivity contribution in [1.29, 1.82) is 0 Å². The van der Waals surface area contributed by atoms with Gasteiger partial charge in [-0.2, -0.15) is 0 Å². The average molecular weight is 372 g/mol. The largest absolute Gasteiger partial charge is 0.322 e. The molecule has 1 heterocycles. The monoisotopic (exact) mass is 371 g/mol. The van der Waals surface area contributed by atoms with Crippen LogP contribution in [0.1, 0.15) is 19.4 Å². The van der Waals surface area contributed by atoms with Crippen molar-refractivity contribution in [3.05, 3.63) is 59.1 Å². The van der Waals surface area contributed by atoms with Gasteiger partial charge in [0.2, 0.25) is 11.8 Å². The van der Waals surface area contributed by atoms with Gasteiger partial charge in [-0.1, -0.05) is 35.9 Å². The predicted molar refractivity (Wildman–Crippen MR) is 104 cm³/mol. The lowest BCUT2D eigenvalue weighted by molar-refractivity contribution is -0.127. The van der Waals surface area contributed by atoms with E-state index in [9.17, 15) is 9.59 Å². The van der Waals surface area contributed by atoms with Crippen LogP contribution in [0, 0.1) is 0 Å². The fourth-order valence-electron chi connectivity index (χ4n) is 3.16. The van der Waals surface area contributed by atoms with Crippen LogP contribution in [0.3, 0.4) is 0 Å². The van der Waals surface area contributed by atoms with Crippen LogP contribution in [-0.2, 0) is 16.1 Å². The van der Waals surface area contributed by atoms with E-state index in [1.165, 1.54) is 0 Å². The fourth-order valence-corrected chi connectivity index (χ4v) is 3.28. The molecule has 0 spiro atoms. The maximum Gasteiger partial charge on any atom is 0.250 e. The molecule has 1 aliphatic heterocycles. The summed E-state index contributed by atoms with van der Waals surface area (Å²) in [5.41, 5.74) is 1.50. The molecular formula is C20H22ClN3O2. The zero-order valence-corrected chi connectivity index (χ0v) is 15.9. The number of carbonyl (C=O) groups excluding carboxylic acids is 2. The minimum Gasteiger partial charge on any atom is -0.322 e. The molecule has 26 heavy (non-hydrogen) atoms. The molecule has 0 saturated heterocycles. The van der Waals surface area contributed by atoms with E-state index in [0.29, 0.717) is 17.3 Å². The van der Waals surface area contributed by atoms with Crippen molar-refractivity contribution in [2.45, 2.75) is 25.9 Å². The van der Waals surface area contributed by atoms with Crippen LogP contribution in [0.2, 0.25) is 5.02 Å². The van der Waals surface area contributed by atoms with Crippen molar-refractivity contribution < 1.29 is 9.59 Å². The van der Waals surface area contributed by atoms with Gasteiger partial charge in [0.05, 0.1) is 17.9 Å². The third kappa shape index (κ3) is 3.59. The highest BCUT2D eigenvalue weighted by Gasteiger charge is 2.43. The summed E-state index contributed by atoms with van der Waals surface area (Å²) in [6, 6.07) is 14.9. The number of halogens is 1. The smallest absolute Gasteiger partial charge is 0.250 e. The first kappa shape index (κ1) is 18.4. The van der Waals surface area contributed by atoms with Crippen molar-refractivity contribution in [1.82, 2.24) is 4.90 Å². The summed E-state index contributed by atoms with van der Waals surface area (Å²) in [4.78, 5) is 29.1. The molecule has 0 aliphatic carbocycles. The molecule has 0 bridgehead atoms. The average Bonchev–Trinajstić information content (AvgIpc) is 2.57. The molecule has 0 saturated carbocycles. The van der Waals surface area contributed by atoms with Gasteiger partial charge in [0.1, 0.15) is 5.54 Å². The van der Waals surface area contributed by atoms with Gasteiger partial charge >= 0.3 is 0 Å². The number of rotatable bonds is 4. The minimum absolute atomic E-state index is 0.117. The molecular weight excluding hydrogens is 350 g/mol. The van der Waals surface area contributed by atoms with Gasteiger partial charge in [0.15, 0.2) is 0 Å². The molecule has 0 fully saturated rings. The summed E-state index contributed by atoms with van der Waals surface area (Å²) in [5.74, 6) is -0.307. The normalized spacial score (nSPS) is 15.6. The second-order valence-electron chi connectivity index (χ2n) is 7.06. The quantitative estimate of drug-likeness (QED) is 0.894. The standard InChI is InChI=1S/C20H22ClN3O2/c1-20(2)19(26)22-16-6-4-5-7-17(16)24(20)18(25)13-23(3)12-14-8-10-15(21)11-9-14/h4-11H,12-13H2,1-3H3,(H,22,26). The molecule has 0 atom stereocenters. The Morgan fingerprint density at radius 1 is 1.15 bits per heavy atom. The van der Waals surface area contributed by atoms with E-state index < -0.39 is 5.54 Å². The summed E-state index contributed by atoms with van der Waals surface area (Å²) in [5, 5.41) is 3.56. The summed E-state index contributed by atoms with van der Waals surface area (Å²) in [6.07, 6.45) is 0. The third-order valence-electron chi connectivity index (χ3n) is 4.53. The van der Waals surface area contributed by atoms with E-state index in [4.69, 9.17) is 11.6 Å². The number of hydrogen-bond acceptors (Lipinski definition) is 3. The van der Waals surface area contributed by atoms with Crippen molar-refractivity contribution in [2.75, 3.05) is 23.8 Å². The highest BCUT2D eigenvalue weighted by atomic mass is 35.5. The van der Waals surface area contributed by atoms with Crippen molar-refractivity contribution >= 4 is 34.8 Å².